The summed E-state index contributed by atoms with van der Waals surface area (Å²) in [6, 6.07) is 5.32. The number of halogens is 7. The minimum Gasteiger partial charge on any atom is -0.478 e. The quantitative estimate of drug-likeness (QED) is 0.416. The molecule has 1 fully saturated rings. The number of carbonyl (C=O) groups is 2. The first-order valence-corrected chi connectivity index (χ1v) is 10.2. The van der Waals surface area contributed by atoms with E-state index in [1.807, 2.05) is 17.9 Å². The van der Waals surface area contributed by atoms with Crippen molar-refractivity contribution in [2.24, 2.45) is 0 Å². The number of hydrogen-bond donors (Lipinski definition) is 0. The predicted octanol–water partition coefficient (Wildman–Crippen LogP) is 4.67. The molecule has 0 saturated carbocycles. The van der Waals surface area contributed by atoms with E-state index in [2.05, 4.69) is 4.74 Å². The Morgan fingerprint density at radius 3 is 2.06 bits per heavy atom. The molecule has 0 bridgehead atoms. The van der Waals surface area contributed by atoms with E-state index in [0.29, 0.717) is 17.9 Å². The minimum absolute atomic E-state index is 0.130. The van der Waals surface area contributed by atoms with Gasteiger partial charge in [0.1, 0.15) is 5.75 Å². The molecule has 2 rings (SSSR count). The Hall–Kier alpha value is -2.21. The monoisotopic (exact) mass is 504 g/mol. The van der Waals surface area contributed by atoms with E-state index in [9.17, 15) is 35.9 Å². The molecule has 0 unspecified atom stereocenters. The van der Waals surface area contributed by atoms with Crippen molar-refractivity contribution in [3.8, 4) is 5.75 Å². The van der Waals surface area contributed by atoms with Crippen LogP contribution in [0.25, 0.3) is 0 Å². The van der Waals surface area contributed by atoms with E-state index in [0.717, 1.165) is 10.5 Å². The van der Waals surface area contributed by atoms with Gasteiger partial charge in [-0.1, -0.05) is 12.1 Å². The summed E-state index contributed by atoms with van der Waals surface area (Å²) in [5, 5.41) is -0.696. The maximum absolute atomic E-state index is 12.6. The van der Waals surface area contributed by atoms with Crippen LogP contribution in [0.2, 0.25) is 0 Å². The van der Waals surface area contributed by atoms with Crippen LogP contribution in [0.1, 0.15) is 25.0 Å². The van der Waals surface area contributed by atoms with Crippen LogP contribution in [0.5, 0.6) is 5.75 Å². The lowest BCUT2D eigenvalue weighted by atomic mass is 10.1. The molecule has 1 heterocycles. The van der Waals surface area contributed by atoms with Crippen molar-refractivity contribution in [3.63, 3.8) is 0 Å². The molecule has 186 valence electrons. The van der Waals surface area contributed by atoms with Crippen LogP contribution >= 0.6 is 11.6 Å². The van der Waals surface area contributed by atoms with Gasteiger partial charge in [0.15, 0.2) is 5.60 Å². The number of benzene rings is 1. The van der Waals surface area contributed by atoms with Crippen LogP contribution in [-0.2, 0) is 16.1 Å². The summed E-state index contributed by atoms with van der Waals surface area (Å²) in [5.74, 6) is 0.411. The molecule has 6 nitrogen and oxygen atoms in total. The zero-order valence-electron chi connectivity index (χ0n) is 18.0. The van der Waals surface area contributed by atoms with E-state index in [-0.39, 0.29) is 26.2 Å². The molecule has 33 heavy (non-hydrogen) atoms. The van der Waals surface area contributed by atoms with Gasteiger partial charge in [0.05, 0.1) is 0 Å². The van der Waals surface area contributed by atoms with Crippen LogP contribution < -0.4 is 4.74 Å². The molecule has 1 amide bonds. The number of ether oxygens (including phenoxy) is 2. The van der Waals surface area contributed by atoms with E-state index < -0.39 is 35.4 Å². The molecule has 0 aliphatic carbocycles. The zero-order chi connectivity index (χ0) is 25.2. The summed E-state index contributed by atoms with van der Waals surface area (Å²) in [7, 11) is 0. The number of alkyl halides is 6. The van der Waals surface area contributed by atoms with Crippen LogP contribution in [0.15, 0.2) is 18.2 Å². The molecule has 1 aliphatic heterocycles. The van der Waals surface area contributed by atoms with Gasteiger partial charge in [0, 0.05) is 38.3 Å². The molecule has 0 radical (unpaired) electrons. The van der Waals surface area contributed by atoms with Gasteiger partial charge in [-0.3, -0.25) is 9.69 Å². The summed E-state index contributed by atoms with van der Waals surface area (Å²) < 4.78 is 85.2. The van der Waals surface area contributed by atoms with Gasteiger partial charge in [-0.25, -0.2) is 4.79 Å². The first-order chi connectivity index (χ1) is 15.0. The summed E-state index contributed by atoms with van der Waals surface area (Å²) in [4.78, 5) is 26.1. The van der Waals surface area contributed by atoms with Crippen LogP contribution in [0, 0.1) is 6.92 Å². The van der Waals surface area contributed by atoms with Gasteiger partial charge in [0.2, 0.25) is 0 Å². The fraction of sp³-hybridized carbons (Fsp3) is 0.600. The summed E-state index contributed by atoms with van der Waals surface area (Å²) >= 11 is 5.58. The highest BCUT2D eigenvalue weighted by molar-refractivity contribution is 6.65. The molecule has 1 aliphatic rings. The minimum atomic E-state index is -5.77. The molecule has 0 aromatic heterocycles. The molecule has 0 spiro atoms. The van der Waals surface area contributed by atoms with Crippen molar-refractivity contribution in [1.29, 1.82) is 0 Å². The average Bonchev–Trinajstić information content (AvgIpc) is 2.66. The lowest BCUT2D eigenvalue weighted by molar-refractivity contribution is -0.308. The standard InChI is InChI=1S/C20H23ClF6N2O4/c1-12-4-5-13(14(10-12)33-18(2,3)16(21)30)11-28-6-8-29(9-7-28)17(31)32-15(19(22,23)24)20(25,26)27/h4-5,10,15H,6-9,11H2,1-3H3. The van der Waals surface area contributed by atoms with Crippen molar-refractivity contribution in [3.05, 3.63) is 29.3 Å². The Morgan fingerprint density at radius 1 is 1.03 bits per heavy atom. The molecular weight excluding hydrogens is 482 g/mol. The Bertz CT molecular complexity index is 853. The topological polar surface area (TPSA) is 59.1 Å². The van der Waals surface area contributed by atoms with Gasteiger partial charge in [0.25, 0.3) is 11.3 Å². The van der Waals surface area contributed by atoms with Crippen molar-refractivity contribution < 1.29 is 45.4 Å². The third-order valence-electron chi connectivity index (χ3n) is 4.90. The van der Waals surface area contributed by atoms with Crippen molar-refractivity contribution in [2.45, 2.75) is 51.4 Å². The first-order valence-electron chi connectivity index (χ1n) is 9.80. The average molecular weight is 505 g/mol. The fourth-order valence-corrected chi connectivity index (χ4v) is 3.07. The smallest absolute Gasteiger partial charge is 0.434 e. The Kier molecular flexibility index (Phi) is 8.16. The molecule has 0 N–H and O–H groups in total. The highest BCUT2D eigenvalue weighted by Crippen LogP contribution is 2.36. The van der Waals surface area contributed by atoms with Crippen molar-refractivity contribution in [2.75, 3.05) is 26.2 Å². The maximum Gasteiger partial charge on any atom is 0.434 e. The molecule has 13 heteroatoms. The normalized spacial score (nSPS) is 16.2. The third-order valence-corrected chi connectivity index (χ3v) is 5.35. The van der Waals surface area contributed by atoms with E-state index in [4.69, 9.17) is 16.3 Å². The third kappa shape index (κ3) is 7.39. The van der Waals surface area contributed by atoms with Gasteiger partial charge < -0.3 is 14.4 Å². The fourth-order valence-electron chi connectivity index (χ4n) is 3.03. The van der Waals surface area contributed by atoms with Crippen LogP contribution in [-0.4, -0.2) is 71.4 Å². The second-order valence-electron chi connectivity index (χ2n) is 8.11. The number of nitrogens with zero attached hydrogens (tertiary/aromatic N) is 2. The van der Waals surface area contributed by atoms with Gasteiger partial charge in [-0.2, -0.15) is 26.3 Å². The largest absolute Gasteiger partial charge is 0.478 e. The number of aryl methyl sites for hydroxylation is 1. The second-order valence-corrected chi connectivity index (χ2v) is 8.45. The summed E-state index contributed by atoms with van der Waals surface area (Å²) in [6.07, 6.45) is -17.4. The van der Waals surface area contributed by atoms with E-state index >= 15 is 0 Å². The summed E-state index contributed by atoms with van der Waals surface area (Å²) in [5.41, 5.74) is 0.264. The number of hydrogen-bond acceptors (Lipinski definition) is 5. The zero-order valence-corrected chi connectivity index (χ0v) is 18.8. The van der Waals surface area contributed by atoms with E-state index in [1.165, 1.54) is 13.8 Å². The highest BCUT2D eigenvalue weighted by Gasteiger charge is 2.60. The Morgan fingerprint density at radius 2 is 1.58 bits per heavy atom. The molecule has 1 aromatic carbocycles. The van der Waals surface area contributed by atoms with E-state index in [1.54, 1.807) is 12.1 Å². The Balaban J connectivity index is 2.02. The predicted molar refractivity (Wildman–Crippen MR) is 106 cm³/mol. The number of piperazine rings is 1. The first kappa shape index (κ1) is 27.0. The van der Waals surface area contributed by atoms with Crippen LogP contribution in [0.3, 0.4) is 0 Å². The molecule has 1 saturated heterocycles. The molecular formula is C20H23ClF6N2O4. The van der Waals surface area contributed by atoms with Gasteiger partial charge >= 0.3 is 18.4 Å². The lowest BCUT2D eigenvalue weighted by Crippen LogP contribution is -2.52. The van der Waals surface area contributed by atoms with Gasteiger partial charge in [-0.15, -0.1) is 0 Å². The van der Waals surface area contributed by atoms with Crippen molar-refractivity contribution in [1.82, 2.24) is 9.80 Å². The number of amides is 1. The Labute approximate surface area is 191 Å². The van der Waals surface area contributed by atoms with Crippen LogP contribution in [0.4, 0.5) is 31.1 Å². The molecule has 0 atom stereocenters. The summed E-state index contributed by atoms with van der Waals surface area (Å²) in [6.45, 7) is 5.22. The SMILES string of the molecule is Cc1ccc(CN2CCN(C(=O)OC(C(F)(F)F)C(F)(F)F)CC2)c(OC(C)(C)C(=O)Cl)c1. The highest BCUT2D eigenvalue weighted by atomic mass is 35.5. The number of rotatable bonds is 6. The van der Waals surface area contributed by atoms with Gasteiger partial charge in [-0.05, 0) is 44.0 Å². The maximum atomic E-state index is 12.6. The molecule has 1 aromatic rings. The number of carbonyl (C=O) groups excluding carboxylic acids is 2. The van der Waals surface area contributed by atoms with Crippen molar-refractivity contribution >= 4 is 22.9 Å². The lowest BCUT2D eigenvalue weighted by Gasteiger charge is -2.35. The second kappa shape index (κ2) is 9.96.